The Morgan fingerprint density at radius 1 is 1.09 bits per heavy atom. The van der Waals surface area contributed by atoms with Gasteiger partial charge in [0.25, 0.3) is 0 Å². The third kappa shape index (κ3) is 5.63. The van der Waals surface area contributed by atoms with Gasteiger partial charge in [-0.2, -0.15) is 0 Å². The number of aromatic nitrogens is 4. The third-order valence-electron chi connectivity index (χ3n) is 5.16. The highest BCUT2D eigenvalue weighted by atomic mass is 15.3. The van der Waals surface area contributed by atoms with E-state index in [4.69, 9.17) is 4.99 Å². The molecule has 2 N–H and O–H groups in total. The van der Waals surface area contributed by atoms with Crippen molar-refractivity contribution in [3.63, 3.8) is 0 Å². The van der Waals surface area contributed by atoms with Crippen LogP contribution in [0.4, 0.5) is 0 Å². The number of aliphatic imine (C=N–C) groups is 1. The molecule has 0 spiro atoms. The lowest BCUT2D eigenvalue weighted by Gasteiger charge is -2.21. The van der Waals surface area contributed by atoms with Gasteiger partial charge in [0, 0.05) is 32.5 Å². The second-order valence-electron chi connectivity index (χ2n) is 7.69. The molecule has 4 aromatic rings. The average molecular weight is 428 g/mol. The fraction of sp³-hybridized carbons (Fsp3) is 0.240. The molecule has 0 aliphatic rings. The molecule has 0 atom stereocenters. The fourth-order valence-electron chi connectivity index (χ4n) is 3.48. The number of benzene rings is 2. The van der Waals surface area contributed by atoms with Gasteiger partial charge in [-0.3, -0.25) is 0 Å². The molecule has 164 valence electrons. The molecular formula is C25H29N7. The molecule has 2 aromatic carbocycles. The molecule has 2 heterocycles. The first-order valence-electron chi connectivity index (χ1n) is 10.8. The van der Waals surface area contributed by atoms with Crippen LogP contribution in [0.2, 0.25) is 0 Å². The Hall–Kier alpha value is -3.87. The van der Waals surface area contributed by atoms with E-state index < -0.39 is 0 Å². The lowest BCUT2D eigenvalue weighted by Crippen LogP contribution is -2.38. The van der Waals surface area contributed by atoms with Crippen molar-refractivity contribution in [1.82, 2.24) is 29.7 Å². The van der Waals surface area contributed by atoms with Gasteiger partial charge in [0.2, 0.25) is 0 Å². The highest BCUT2D eigenvalue weighted by molar-refractivity contribution is 5.79. The number of guanidine groups is 1. The van der Waals surface area contributed by atoms with Crippen LogP contribution in [0.5, 0.6) is 0 Å². The van der Waals surface area contributed by atoms with Crippen LogP contribution in [-0.2, 0) is 19.6 Å². The van der Waals surface area contributed by atoms with Gasteiger partial charge in [-0.1, -0.05) is 54.6 Å². The second-order valence-corrected chi connectivity index (χ2v) is 7.69. The monoisotopic (exact) mass is 427 g/mol. The summed E-state index contributed by atoms with van der Waals surface area (Å²) < 4.78 is 2.06. The molecular weight excluding hydrogens is 398 g/mol. The maximum atomic E-state index is 4.82. The van der Waals surface area contributed by atoms with E-state index in [0.717, 1.165) is 36.1 Å². The van der Waals surface area contributed by atoms with E-state index in [9.17, 15) is 0 Å². The van der Waals surface area contributed by atoms with Gasteiger partial charge < -0.3 is 19.8 Å². The second kappa shape index (κ2) is 10.4. The van der Waals surface area contributed by atoms with Gasteiger partial charge in [0.05, 0.1) is 31.3 Å². The van der Waals surface area contributed by atoms with Crippen LogP contribution in [0.1, 0.15) is 23.9 Å². The lowest BCUT2D eigenvalue weighted by atomic mass is 10.1. The van der Waals surface area contributed by atoms with E-state index in [1.807, 2.05) is 44.0 Å². The number of nitrogens with one attached hydrogen (secondary N) is 2. The molecule has 0 aliphatic carbocycles. The predicted molar refractivity (Wildman–Crippen MR) is 128 cm³/mol. The maximum absolute atomic E-state index is 4.82. The lowest BCUT2D eigenvalue weighted by molar-refractivity contribution is 0.464. The molecule has 0 saturated carbocycles. The number of nitrogens with zero attached hydrogens (tertiary/aromatic N) is 5. The Morgan fingerprint density at radius 2 is 1.88 bits per heavy atom. The largest absolute Gasteiger partial charge is 0.357 e. The average Bonchev–Trinajstić information content (AvgIpc) is 3.50. The van der Waals surface area contributed by atoms with Crippen molar-refractivity contribution in [3.05, 3.63) is 96.5 Å². The van der Waals surface area contributed by atoms with Crippen LogP contribution >= 0.6 is 0 Å². The summed E-state index contributed by atoms with van der Waals surface area (Å²) in [6, 6.07) is 18.8. The number of aromatic amines is 1. The first-order valence-corrected chi connectivity index (χ1v) is 10.8. The minimum atomic E-state index is 0.617. The van der Waals surface area contributed by atoms with E-state index in [2.05, 4.69) is 73.1 Å². The summed E-state index contributed by atoms with van der Waals surface area (Å²) in [5, 5.41) is 3.38. The van der Waals surface area contributed by atoms with Gasteiger partial charge in [-0.15, -0.1) is 0 Å². The predicted octanol–water partition coefficient (Wildman–Crippen LogP) is 3.92. The highest BCUT2D eigenvalue weighted by Crippen LogP contribution is 2.16. The van der Waals surface area contributed by atoms with Crippen molar-refractivity contribution >= 4 is 5.96 Å². The van der Waals surface area contributed by atoms with E-state index in [0.29, 0.717) is 13.1 Å². The van der Waals surface area contributed by atoms with Crippen LogP contribution in [0.25, 0.3) is 11.3 Å². The Labute approximate surface area is 188 Å². The van der Waals surface area contributed by atoms with Crippen molar-refractivity contribution in [1.29, 1.82) is 0 Å². The van der Waals surface area contributed by atoms with Crippen LogP contribution < -0.4 is 5.32 Å². The quantitative estimate of drug-likeness (QED) is 0.330. The topological polar surface area (TPSA) is 74.1 Å². The molecule has 0 amide bonds. The minimum absolute atomic E-state index is 0.617. The number of hydrogen-bond acceptors (Lipinski definition) is 3. The number of hydrogen-bond donors (Lipinski definition) is 2. The number of imidazole rings is 2. The van der Waals surface area contributed by atoms with Crippen LogP contribution in [0, 0.1) is 0 Å². The summed E-state index contributed by atoms with van der Waals surface area (Å²) in [6.45, 7) is 4.96. The molecule has 0 unspecified atom stereocenters. The van der Waals surface area contributed by atoms with Gasteiger partial charge in [-0.05, 0) is 23.6 Å². The summed E-state index contributed by atoms with van der Waals surface area (Å²) in [4.78, 5) is 19.0. The SMILES string of the molecule is CCNC(=NCc1ccc(Cn2ccnc2)cc1)N(C)Cc1ncc(-c2ccccc2)[nH]1. The van der Waals surface area contributed by atoms with Gasteiger partial charge >= 0.3 is 0 Å². The molecule has 7 nitrogen and oxygen atoms in total. The normalized spacial score (nSPS) is 11.5. The Bertz CT molecular complexity index is 1110. The van der Waals surface area contributed by atoms with Crippen molar-refractivity contribution < 1.29 is 0 Å². The standard InChI is InChI=1S/C25H29N7/c1-3-27-25(29-15-20-9-11-21(12-10-20)17-32-14-13-26-19-32)31(2)18-24-28-16-23(30-24)22-7-5-4-6-8-22/h4-14,16,19H,3,15,17-18H2,1-2H3,(H,27,29)(H,28,30). The van der Waals surface area contributed by atoms with Gasteiger partial charge in [-0.25, -0.2) is 15.0 Å². The molecule has 7 heteroatoms. The zero-order valence-corrected chi connectivity index (χ0v) is 18.6. The van der Waals surface area contributed by atoms with Crippen molar-refractivity contribution in [3.8, 4) is 11.3 Å². The van der Waals surface area contributed by atoms with Crippen LogP contribution in [0.15, 0.2) is 84.5 Å². The summed E-state index contributed by atoms with van der Waals surface area (Å²) in [6.07, 6.45) is 7.48. The summed E-state index contributed by atoms with van der Waals surface area (Å²) >= 11 is 0. The van der Waals surface area contributed by atoms with Crippen molar-refractivity contribution in [2.75, 3.05) is 13.6 Å². The van der Waals surface area contributed by atoms with Crippen LogP contribution in [-0.4, -0.2) is 44.0 Å². The van der Waals surface area contributed by atoms with Crippen molar-refractivity contribution in [2.45, 2.75) is 26.6 Å². The molecule has 4 rings (SSSR count). The molecule has 32 heavy (non-hydrogen) atoms. The van der Waals surface area contributed by atoms with Crippen molar-refractivity contribution in [2.24, 2.45) is 4.99 Å². The van der Waals surface area contributed by atoms with E-state index in [1.54, 1.807) is 6.20 Å². The number of H-pyrrole nitrogens is 1. The molecule has 0 bridgehead atoms. The zero-order valence-electron chi connectivity index (χ0n) is 18.6. The third-order valence-corrected chi connectivity index (χ3v) is 5.16. The summed E-state index contributed by atoms with van der Waals surface area (Å²) in [5.41, 5.74) is 4.57. The number of rotatable bonds is 8. The Balaban J connectivity index is 1.38. The Kier molecular flexibility index (Phi) is 6.97. The maximum Gasteiger partial charge on any atom is 0.194 e. The van der Waals surface area contributed by atoms with Gasteiger partial charge in [0.1, 0.15) is 5.82 Å². The van der Waals surface area contributed by atoms with E-state index >= 15 is 0 Å². The Morgan fingerprint density at radius 3 is 2.59 bits per heavy atom. The summed E-state index contributed by atoms with van der Waals surface area (Å²) in [5.74, 6) is 1.76. The van der Waals surface area contributed by atoms with E-state index in [1.165, 1.54) is 11.1 Å². The minimum Gasteiger partial charge on any atom is -0.357 e. The zero-order chi connectivity index (χ0) is 22.2. The van der Waals surface area contributed by atoms with Gasteiger partial charge in [0.15, 0.2) is 5.96 Å². The summed E-state index contributed by atoms with van der Waals surface area (Å²) in [7, 11) is 2.03. The molecule has 0 saturated heterocycles. The first-order chi connectivity index (χ1) is 15.7. The molecule has 0 fully saturated rings. The fourth-order valence-corrected chi connectivity index (χ4v) is 3.48. The smallest absolute Gasteiger partial charge is 0.194 e. The first kappa shape index (κ1) is 21.4. The highest BCUT2D eigenvalue weighted by Gasteiger charge is 2.10. The molecule has 0 aliphatic heterocycles. The van der Waals surface area contributed by atoms with E-state index in [-0.39, 0.29) is 0 Å². The van der Waals surface area contributed by atoms with Crippen LogP contribution in [0.3, 0.4) is 0 Å². The molecule has 2 aromatic heterocycles. The molecule has 0 radical (unpaired) electrons.